The Kier molecular flexibility index (Phi) is 3.65. The van der Waals surface area contributed by atoms with Crippen LogP contribution in [0.1, 0.15) is 18.5 Å². The molecule has 14 heavy (non-hydrogen) atoms. The summed E-state index contributed by atoms with van der Waals surface area (Å²) in [4.78, 5) is 10.8. The summed E-state index contributed by atoms with van der Waals surface area (Å²) in [5, 5.41) is 11.9. The molecule has 2 N–H and O–H groups in total. The van der Waals surface area contributed by atoms with E-state index in [-0.39, 0.29) is 6.04 Å². The lowest BCUT2D eigenvalue weighted by atomic mass is 9.95. The first kappa shape index (κ1) is 10.7. The number of hydrogen-bond donors (Lipinski definition) is 2. The molecule has 0 unspecified atom stereocenters. The van der Waals surface area contributed by atoms with Crippen molar-refractivity contribution in [1.82, 2.24) is 5.32 Å². The molecule has 2 atom stereocenters. The summed E-state index contributed by atoms with van der Waals surface area (Å²) in [7, 11) is 1.77. The Morgan fingerprint density at radius 2 is 1.93 bits per heavy atom. The normalized spacial score (nSPS) is 14.7. The number of carboxylic acid groups (broad SMARTS) is 1. The largest absolute Gasteiger partial charge is 0.481 e. The van der Waals surface area contributed by atoms with Gasteiger partial charge in [-0.05, 0) is 12.6 Å². The highest BCUT2D eigenvalue weighted by Crippen LogP contribution is 2.21. The van der Waals surface area contributed by atoms with Gasteiger partial charge < -0.3 is 10.4 Å². The molecule has 0 spiro atoms. The zero-order valence-electron chi connectivity index (χ0n) is 8.40. The molecular formula is C11H15NO2. The van der Waals surface area contributed by atoms with Gasteiger partial charge in [-0.3, -0.25) is 4.79 Å². The molecule has 0 aliphatic heterocycles. The zero-order chi connectivity index (χ0) is 10.6. The standard InChI is InChI=1S/C11H15NO2/c1-8(11(13)14)10(12-2)9-6-4-3-5-7-9/h3-8,10,12H,1-2H3,(H,13,14)/t8-,10+/m0/s1. The molecule has 76 valence electrons. The highest BCUT2D eigenvalue weighted by atomic mass is 16.4. The fourth-order valence-corrected chi connectivity index (χ4v) is 1.51. The molecule has 0 saturated heterocycles. The zero-order valence-corrected chi connectivity index (χ0v) is 8.40. The molecule has 0 aliphatic carbocycles. The molecule has 0 aromatic heterocycles. The minimum atomic E-state index is -0.784. The Morgan fingerprint density at radius 1 is 1.36 bits per heavy atom. The number of aliphatic carboxylic acids is 1. The Balaban J connectivity index is 2.87. The highest BCUT2D eigenvalue weighted by Gasteiger charge is 2.22. The molecule has 0 saturated carbocycles. The third-order valence-corrected chi connectivity index (χ3v) is 2.36. The van der Waals surface area contributed by atoms with E-state index in [2.05, 4.69) is 5.32 Å². The SMILES string of the molecule is CN[C@@H](c1ccccc1)[C@H](C)C(=O)O. The number of carbonyl (C=O) groups is 1. The number of carboxylic acids is 1. The van der Waals surface area contributed by atoms with Crippen LogP contribution in [-0.2, 0) is 4.79 Å². The van der Waals surface area contributed by atoms with Gasteiger partial charge in [0.05, 0.1) is 5.92 Å². The quantitative estimate of drug-likeness (QED) is 0.764. The topological polar surface area (TPSA) is 49.3 Å². The van der Waals surface area contributed by atoms with Gasteiger partial charge in [-0.15, -0.1) is 0 Å². The summed E-state index contributed by atoms with van der Waals surface area (Å²) in [5.74, 6) is -1.21. The predicted octanol–water partition coefficient (Wildman–Crippen LogP) is 1.67. The van der Waals surface area contributed by atoms with Crippen molar-refractivity contribution in [2.45, 2.75) is 13.0 Å². The molecular weight excluding hydrogens is 178 g/mol. The third-order valence-electron chi connectivity index (χ3n) is 2.36. The van der Waals surface area contributed by atoms with Crippen LogP contribution in [0, 0.1) is 5.92 Å². The van der Waals surface area contributed by atoms with Gasteiger partial charge in [0.25, 0.3) is 0 Å². The van der Waals surface area contributed by atoms with Gasteiger partial charge in [0, 0.05) is 6.04 Å². The molecule has 0 radical (unpaired) electrons. The lowest BCUT2D eigenvalue weighted by Crippen LogP contribution is -2.28. The molecule has 3 heteroatoms. The minimum Gasteiger partial charge on any atom is -0.481 e. The molecule has 3 nitrogen and oxygen atoms in total. The molecule has 1 rings (SSSR count). The maximum atomic E-state index is 10.8. The predicted molar refractivity (Wildman–Crippen MR) is 55.0 cm³/mol. The number of hydrogen-bond acceptors (Lipinski definition) is 2. The van der Waals surface area contributed by atoms with E-state index in [9.17, 15) is 4.79 Å². The molecule has 0 bridgehead atoms. The van der Waals surface area contributed by atoms with E-state index < -0.39 is 11.9 Å². The van der Waals surface area contributed by atoms with Crippen molar-refractivity contribution < 1.29 is 9.90 Å². The Labute approximate surface area is 83.8 Å². The summed E-state index contributed by atoms with van der Waals surface area (Å²) < 4.78 is 0. The van der Waals surface area contributed by atoms with Crippen LogP contribution < -0.4 is 5.32 Å². The van der Waals surface area contributed by atoms with Crippen molar-refractivity contribution in [1.29, 1.82) is 0 Å². The van der Waals surface area contributed by atoms with E-state index in [0.717, 1.165) is 5.56 Å². The molecule has 0 heterocycles. The van der Waals surface area contributed by atoms with Gasteiger partial charge in [0.2, 0.25) is 0 Å². The van der Waals surface area contributed by atoms with Crippen molar-refractivity contribution in [3.05, 3.63) is 35.9 Å². The van der Waals surface area contributed by atoms with Crippen LogP contribution in [0.3, 0.4) is 0 Å². The Bertz CT molecular complexity index is 297. The number of benzene rings is 1. The summed E-state index contributed by atoms with van der Waals surface area (Å²) >= 11 is 0. The van der Waals surface area contributed by atoms with Crippen molar-refractivity contribution in [3.8, 4) is 0 Å². The van der Waals surface area contributed by atoms with Gasteiger partial charge in [-0.2, -0.15) is 0 Å². The summed E-state index contributed by atoms with van der Waals surface area (Å²) in [6, 6.07) is 9.47. The fourth-order valence-electron chi connectivity index (χ4n) is 1.51. The second-order valence-corrected chi connectivity index (χ2v) is 3.30. The number of nitrogens with one attached hydrogen (secondary N) is 1. The van der Waals surface area contributed by atoms with Crippen LogP contribution in [0.2, 0.25) is 0 Å². The molecule has 1 aromatic carbocycles. The highest BCUT2D eigenvalue weighted by molar-refractivity contribution is 5.70. The van der Waals surface area contributed by atoms with E-state index in [1.807, 2.05) is 30.3 Å². The van der Waals surface area contributed by atoms with E-state index in [0.29, 0.717) is 0 Å². The van der Waals surface area contributed by atoms with Gasteiger partial charge in [0.15, 0.2) is 0 Å². The van der Waals surface area contributed by atoms with Crippen molar-refractivity contribution in [2.24, 2.45) is 5.92 Å². The Morgan fingerprint density at radius 3 is 2.36 bits per heavy atom. The smallest absolute Gasteiger partial charge is 0.308 e. The van der Waals surface area contributed by atoms with E-state index in [4.69, 9.17) is 5.11 Å². The molecule has 0 amide bonds. The summed E-state index contributed by atoms with van der Waals surface area (Å²) in [6.45, 7) is 1.70. The van der Waals surface area contributed by atoms with Crippen LogP contribution in [0.15, 0.2) is 30.3 Å². The molecule has 0 fully saturated rings. The van der Waals surface area contributed by atoms with E-state index in [1.165, 1.54) is 0 Å². The lowest BCUT2D eigenvalue weighted by molar-refractivity contribution is -0.142. The van der Waals surface area contributed by atoms with Crippen LogP contribution >= 0.6 is 0 Å². The second kappa shape index (κ2) is 4.77. The maximum absolute atomic E-state index is 10.8. The molecule has 1 aromatic rings. The summed E-state index contributed by atoms with van der Waals surface area (Å²) in [6.07, 6.45) is 0. The monoisotopic (exact) mass is 193 g/mol. The first-order chi connectivity index (χ1) is 6.66. The first-order valence-electron chi connectivity index (χ1n) is 4.62. The van der Waals surface area contributed by atoms with E-state index >= 15 is 0 Å². The van der Waals surface area contributed by atoms with E-state index in [1.54, 1.807) is 14.0 Å². The van der Waals surface area contributed by atoms with Gasteiger partial charge in [-0.1, -0.05) is 37.3 Å². The molecule has 0 aliphatic rings. The average molecular weight is 193 g/mol. The summed E-state index contributed by atoms with van der Waals surface area (Å²) in [5.41, 5.74) is 1.00. The van der Waals surface area contributed by atoms with Gasteiger partial charge in [0.1, 0.15) is 0 Å². The fraction of sp³-hybridized carbons (Fsp3) is 0.364. The van der Waals surface area contributed by atoms with Crippen LogP contribution in [0.5, 0.6) is 0 Å². The van der Waals surface area contributed by atoms with Crippen LogP contribution in [0.25, 0.3) is 0 Å². The first-order valence-corrected chi connectivity index (χ1v) is 4.62. The van der Waals surface area contributed by atoms with Gasteiger partial charge >= 0.3 is 5.97 Å². The van der Waals surface area contributed by atoms with Crippen molar-refractivity contribution >= 4 is 5.97 Å². The number of rotatable bonds is 4. The Hall–Kier alpha value is -1.35. The third kappa shape index (κ3) is 2.33. The van der Waals surface area contributed by atoms with Crippen LogP contribution in [-0.4, -0.2) is 18.1 Å². The lowest BCUT2D eigenvalue weighted by Gasteiger charge is -2.20. The van der Waals surface area contributed by atoms with Crippen molar-refractivity contribution in [3.63, 3.8) is 0 Å². The van der Waals surface area contributed by atoms with Gasteiger partial charge in [-0.25, -0.2) is 0 Å². The second-order valence-electron chi connectivity index (χ2n) is 3.30. The minimum absolute atomic E-state index is 0.131. The average Bonchev–Trinajstić information content (AvgIpc) is 2.20. The van der Waals surface area contributed by atoms with Crippen molar-refractivity contribution in [2.75, 3.05) is 7.05 Å². The van der Waals surface area contributed by atoms with Crippen LogP contribution in [0.4, 0.5) is 0 Å². The maximum Gasteiger partial charge on any atom is 0.308 e.